The van der Waals surface area contributed by atoms with Crippen LogP contribution in [0.25, 0.3) is 0 Å². The molecule has 20 heavy (non-hydrogen) atoms. The molecule has 0 aromatic heterocycles. The van der Waals surface area contributed by atoms with E-state index in [4.69, 9.17) is 15.2 Å². The Morgan fingerprint density at radius 1 is 1.40 bits per heavy atom. The first-order chi connectivity index (χ1) is 9.38. The van der Waals surface area contributed by atoms with E-state index in [2.05, 4.69) is 5.32 Å². The summed E-state index contributed by atoms with van der Waals surface area (Å²) in [6, 6.07) is 3.27. The molecule has 0 radical (unpaired) electrons. The third-order valence-corrected chi connectivity index (χ3v) is 2.30. The molecular weight excluding hydrogens is 277 g/mol. The van der Waals surface area contributed by atoms with Crippen LogP contribution in [0.4, 0.5) is 18.9 Å². The van der Waals surface area contributed by atoms with Crippen molar-refractivity contribution in [2.75, 3.05) is 32.2 Å². The van der Waals surface area contributed by atoms with Crippen LogP contribution in [0, 0.1) is 0 Å². The molecule has 0 saturated carbocycles. The van der Waals surface area contributed by atoms with Crippen LogP contribution in [-0.2, 0) is 15.7 Å². The second kappa shape index (κ2) is 7.11. The molecule has 1 aromatic rings. The van der Waals surface area contributed by atoms with E-state index in [1.165, 1.54) is 13.2 Å². The number of amides is 1. The lowest BCUT2D eigenvalue weighted by Gasteiger charge is -2.15. The third kappa shape index (κ3) is 4.71. The number of carbonyl (C=O) groups excluding carboxylic acids is 1. The fourth-order valence-electron chi connectivity index (χ4n) is 1.43. The van der Waals surface area contributed by atoms with Crippen molar-refractivity contribution in [1.82, 2.24) is 0 Å². The Hall–Kier alpha value is -1.80. The van der Waals surface area contributed by atoms with Gasteiger partial charge in [-0.1, -0.05) is 0 Å². The summed E-state index contributed by atoms with van der Waals surface area (Å²) in [5.74, 6) is -0.635. The van der Waals surface area contributed by atoms with Gasteiger partial charge < -0.3 is 20.5 Å². The van der Waals surface area contributed by atoms with Gasteiger partial charge in [0, 0.05) is 6.54 Å². The van der Waals surface area contributed by atoms with Crippen molar-refractivity contribution >= 4 is 11.6 Å². The van der Waals surface area contributed by atoms with Gasteiger partial charge in [0.1, 0.15) is 12.4 Å². The number of hydrogen-bond acceptors (Lipinski definition) is 4. The zero-order valence-corrected chi connectivity index (χ0v) is 10.8. The molecule has 0 aliphatic carbocycles. The number of rotatable bonds is 6. The van der Waals surface area contributed by atoms with E-state index in [9.17, 15) is 18.0 Å². The Bertz CT molecular complexity index is 464. The molecule has 0 atom stereocenters. The highest BCUT2D eigenvalue weighted by Gasteiger charge is 2.34. The molecule has 0 bridgehead atoms. The molecule has 0 fully saturated rings. The van der Waals surface area contributed by atoms with Gasteiger partial charge in [0.15, 0.2) is 0 Å². The predicted molar refractivity (Wildman–Crippen MR) is 66.5 cm³/mol. The molecule has 0 aliphatic rings. The van der Waals surface area contributed by atoms with Crippen LogP contribution >= 0.6 is 0 Å². The van der Waals surface area contributed by atoms with Crippen LogP contribution in [0.5, 0.6) is 5.75 Å². The van der Waals surface area contributed by atoms with Crippen LogP contribution in [0.15, 0.2) is 18.2 Å². The van der Waals surface area contributed by atoms with Gasteiger partial charge in [0.05, 0.1) is 25.0 Å². The minimum absolute atomic E-state index is 0.0507. The molecule has 0 saturated heterocycles. The summed E-state index contributed by atoms with van der Waals surface area (Å²) in [4.78, 5) is 11.4. The van der Waals surface area contributed by atoms with Crippen molar-refractivity contribution in [3.63, 3.8) is 0 Å². The Morgan fingerprint density at radius 3 is 2.65 bits per heavy atom. The lowest BCUT2D eigenvalue weighted by Crippen LogP contribution is -2.22. The monoisotopic (exact) mass is 292 g/mol. The van der Waals surface area contributed by atoms with Crippen molar-refractivity contribution in [3.8, 4) is 5.75 Å². The first kappa shape index (κ1) is 16.3. The Balaban J connectivity index is 2.86. The number of halogens is 3. The smallest absolute Gasteiger partial charge is 0.418 e. The van der Waals surface area contributed by atoms with Crippen molar-refractivity contribution in [2.24, 2.45) is 5.73 Å². The first-order valence-electron chi connectivity index (χ1n) is 5.71. The van der Waals surface area contributed by atoms with Crippen molar-refractivity contribution < 1.29 is 27.4 Å². The molecular formula is C12H15F3N2O3. The standard InChI is InChI=1S/C12H15F3N2O3/c1-19-8-2-3-10(9(6-8)12(13,14)15)17-11(18)7-20-5-4-16/h2-3,6H,4-5,7,16H2,1H3,(H,17,18). The van der Waals surface area contributed by atoms with E-state index in [-0.39, 0.29) is 31.2 Å². The lowest BCUT2D eigenvalue weighted by atomic mass is 10.1. The topological polar surface area (TPSA) is 73.6 Å². The second-order valence-electron chi connectivity index (χ2n) is 3.80. The number of alkyl halides is 3. The summed E-state index contributed by atoms with van der Waals surface area (Å²) in [6.45, 7) is 0.0201. The number of benzene rings is 1. The predicted octanol–water partition coefficient (Wildman–Crippen LogP) is 1.63. The van der Waals surface area contributed by atoms with Crippen LogP contribution in [0.3, 0.4) is 0 Å². The summed E-state index contributed by atoms with van der Waals surface area (Å²) in [5.41, 5.74) is 3.83. The van der Waals surface area contributed by atoms with Crippen molar-refractivity contribution in [2.45, 2.75) is 6.18 Å². The molecule has 8 heteroatoms. The van der Waals surface area contributed by atoms with Crippen LogP contribution in [-0.4, -0.2) is 32.8 Å². The van der Waals surface area contributed by atoms with Gasteiger partial charge in [0.2, 0.25) is 5.91 Å². The highest BCUT2D eigenvalue weighted by molar-refractivity contribution is 5.92. The fraction of sp³-hybridized carbons (Fsp3) is 0.417. The largest absolute Gasteiger partial charge is 0.497 e. The highest BCUT2D eigenvalue weighted by Crippen LogP contribution is 2.37. The molecule has 0 aliphatic heterocycles. The Kier molecular flexibility index (Phi) is 5.78. The van der Waals surface area contributed by atoms with Crippen molar-refractivity contribution in [3.05, 3.63) is 23.8 Å². The number of ether oxygens (including phenoxy) is 2. The molecule has 112 valence electrons. The minimum Gasteiger partial charge on any atom is -0.497 e. The van der Waals surface area contributed by atoms with Crippen LogP contribution in [0.2, 0.25) is 0 Å². The summed E-state index contributed by atoms with van der Waals surface area (Å²) >= 11 is 0. The number of nitrogens with two attached hydrogens (primary N) is 1. The van der Waals surface area contributed by atoms with Gasteiger partial charge in [-0.3, -0.25) is 4.79 Å². The molecule has 1 aromatic carbocycles. The summed E-state index contributed by atoms with van der Waals surface area (Å²) in [7, 11) is 1.26. The second-order valence-corrected chi connectivity index (χ2v) is 3.80. The SMILES string of the molecule is COc1ccc(NC(=O)COCCN)c(C(F)(F)F)c1. The maximum Gasteiger partial charge on any atom is 0.418 e. The zero-order valence-electron chi connectivity index (χ0n) is 10.8. The number of methoxy groups -OCH3 is 1. The lowest BCUT2D eigenvalue weighted by molar-refractivity contribution is -0.137. The molecule has 0 unspecified atom stereocenters. The maximum absolute atomic E-state index is 12.9. The summed E-state index contributed by atoms with van der Waals surface area (Å²) < 4.78 is 48.2. The van der Waals surface area contributed by atoms with Crippen LogP contribution in [0.1, 0.15) is 5.56 Å². The fourth-order valence-corrected chi connectivity index (χ4v) is 1.43. The average Bonchev–Trinajstić information content (AvgIpc) is 2.38. The van der Waals surface area contributed by atoms with E-state index >= 15 is 0 Å². The third-order valence-electron chi connectivity index (χ3n) is 2.30. The first-order valence-corrected chi connectivity index (χ1v) is 5.71. The van der Waals surface area contributed by atoms with Gasteiger partial charge in [-0.25, -0.2) is 0 Å². The molecule has 0 heterocycles. The molecule has 0 spiro atoms. The van der Waals surface area contributed by atoms with E-state index in [1.807, 2.05) is 0 Å². The van der Waals surface area contributed by atoms with E-state index < -0.39 is 17.6 Å². The minimum atomic E-state index is -4.60. The summed E-state index contributed by atoms with van der Waals surface area (Å²) in [5, 5.41) is 2.15. The quantitative estimate of drug-likeness (QED) is 0.782. The van der Waals surface area contributed by atoms with Gasteiger partial charge in [0.25, 0.3) is 0 Å². The Labute approximate surface area is 113 Å². The average molecular weight is 292 g/mol. The van der Waals surface area contributed by atoms with Gasteiger partial charge in [-0.15, -0.1) is 0 Å². The Morgan fingerprint density at radius 2 is 2.10 bits per heavy atom. The van der Waals surface area contributed by atoms with E-state index in [1.54, 1.807) is 0 Å². The molecule has 1 amide bonds. The molecule has 1 rings (SSSR count). The van der Waals surface area contributed by atoms with Gasteiger partial charge in [-0.2, -0.15) is 13.2 Å². The van der Waals surface area contributed by atoms with Gasteiger partial charge >= 0.3 is 6.18 Å². The maximum atomic E-state index is 12.9. The zero-order chi connectivity index (χ0) is 15.2. The molecule has 5 nitrogen and oxygen atoms in total. The number of nitrogens with one attached hydrogen (secondary N) is 1. The number of hydrogen-bond donors (Lipinski definition) is 2. The molecule has 3 N–H and O–H groups in total. The van der Waals surface area contributed by atoms with Crippen molar-refractivity contribution in [1.29, 1.82) is 0 Å². The number of anilines is 1. The number of carbonyl (C=O) groups is 1. The van der Waals surface area contributed by atoms with Crippen LogP contribution < -0.4 is 15.8 Å². The van der Waals surface area contributed by atoms with E-state index in [0.29, 0.717) is 0 Å². The summed E-state index contributed by atoms with van der Waals surface area (Å²) in [6.07, 6.45) is -4.60. The van der Waals surface area contributed by atoms with Gasteiger partial charge in [-0.05, 0) is 18.2 Å². The normalized spacial score (nSPS) is 11.2. The van der Waals surface area contributed by atoms with E-state index in [0.717, 1.165) is 12.1 Å². The highest BCUT2D eigenvalue weighted by atomic mass is 19.4.